The molecule has 0 unspecified atom stereocenters. The van der Waals surface area contributed by atoms with E-state index in [1.807, 2.05) is 6.07 Å². The van der Waals surface area contributed by atoms with Crippen molar-refractivity contribution in [1.82, 2.24) is 5.32 Å². The van der Waals surface area contributed by atoms with E-state index in [1.165, 1.54) is 11.1 Å². The van der Waals surface area contributed by atoms with E-state index in [-0.39, 0.29) is 0 Å². The summed E-state index contributed by atoms with van der Waals surface area (Å²) < 4.78 is 5.83. The molecule has 0 heterocycles. The van der Waals surface area contributed by atoms with Crippen LogP contribution >= 0.6 is 0 Å². The van der Waals surface area contributed by atoms with E-state index >= 15 is 0 Å². The van der Waals surface area contributed by atoms with Gasteiger partial charge in [-0.1, -0.05) is 31.5 Å². The van der Waals surface area contributed by atoms with Gasteiger partial charge in [-0.3, -0.25) is 0 Å². The predicted molar refractivity (Wildman–Crippen MR) is 84.1 cm³/mol. The van der Waals surface area contributed by atoms with E-state index in [1.54, 1.807) is 13.8 Å². The minimum absolute atomic E-state index is 0.531. The lowest BCUT2D eigenvalue weighted by Gasteiger charge is -2.19. The molecule has 3 nitrogen and oxygen atoms in total. The van der Waals surface area contributed by atoms with Gasteiger partial charge in [-0.05, 0) is 39.3 Å². The van der Waals surface area contributed by atoms with Crippen molar-refractivity contribution in [3.63, 3.8) is 0 Å². The zero-order valence-corrected chi connectivity index (χ0v) is 13.5. The fourth-order valence-electron chi connectivity index (χ4n) is 1.89. The highest BCUT2D eigenvalue weighted by Crippen LogP contribution is 2.21. The number of hydrogen-bond donors (Lipinski definition) is 2. The third kappa shape index (κ3) is 6.92. The Labute approximate surface area is 123 Å². The fraction of sp³-hybridized carbons (Fsp3) is 0.647. The van der Waals surface area contributed by atoms with Gasteiger partial charge in [0.1, 0.15) is 5.75 Å². The van der Waals surface area contributed by atoms with Crippen molar-refractivity contribution in [2.24, 2.45) is 5.92 Å². The molecule has 114 valence electrons. The minimum atomic E-state index is -0.680. The molecular weight excluding hydrogens is 250 g/mol. The van der Waals surface area contributed by atoms with Crippen molar-refractivity contribution in [2.45, 2.75) is 53.2 Å². The second kappa shape index (κ2) is 7.65. The van der Waals surface area contributed by atoms with E-state index in [4.69, 9.17) is 4.74 Å². The molecule has 0 aliphatic heterocycles. The van der Waals surface area contributed by atoms with Gasteiger partial charge in [0, 0.05) is 18.5 Å². The Kier molecular flexibility index (Phi) is 6.50. The summed E-state index contributed by atoms with van der Waals surface area (Å²) in [6.45, 7) is 12.4. The smallest absolute Gasteiger partial charge is 0.123 e. The Morgan fingerprint density at radius 2 is 2.00 bits per heavy atom. The maximum Gasteiger partial charge on any atom is 0.123 e. The summed E-state index contributed by atoms with van der Waals surface area (Å²) in [6.07, 6.45) is 0.625. The Bertz CT molecular complexity index is 408. The first-order valence-electron chi connectivity index (χ1n) is 7.43. The molecule has 0 bridgehead atoms. The van der Waals surface area contributed by atoms with Crippen molar-refractivity contribution >= 4 is 0 Å². The molecule has 0 spiro atoms. The molecule has 0 aliphatic rings. The second-order valence-electron chi connectivity index (χ2n) is 6.55. The van der Waals surface area contributed by atoms with Gasteiger partial charge in [0.2, 0.25) is 0 Å². The Morgan fingerprint density at radius 3 is 2.60 bits per heavy atom. The Morgan fingerprint density at radius 1 is 1.30 bits per heavy atom. The molecule has 1 rings (SSSR count). The molecule has 1 aromatic carbocycles. The van der Waals surface area contributed by atoms with Crippen molar-refractivity contribution in [2.75, 3.05) is 13.2 Å². The molecular formula is C17H29NO2. The lowest BCUT2D eigenvalue weighted by atomic mass is 10.1. The number of benzene rings is 1. The first-order chi connectivity index (χ1) is 9.28. The average Bonchev–Trinajstić information content (AvgIpc) is 2.30. The third-order valence-electron chi connectivity index (χ3n) is 3.06. The van der Waals surface area contributed by atoms with E-state index in [2.05, 4.69) is 38.2 Å². The molecule has 0 saturated heterocycles. The van der Waals surface area contributed by atoms with Gasteiger partial charge in [0.15, 0.2) is 0 Å². The summed E-state index contributed by atoms with van der Waals surface area (Å²) in [7, 11) is 0. The summed E-state index contributed by atoms with van der Waals surface area (Å²) >= 11 is 0. The fourth-order valence-corrected chi connectivity index (χ4v) is 1.89. The summed E-state index contributed by atoms with van der Waals surface area (Å²) in [5, 5.41) is 13.2. The molecule has 0 aromatic heterocycles. The first-order valence-corrected chi connectivity index (χ1v) is 7.43. The van der Waals surface area contributed by atoms with Gasteiger partial charge in [0.25, 0.3) is 0 Å². The quantitative estimate of drug-likeness (QED) is 0.767. The molecule has 0 aliphatic carbocycles. The van der Waals surface area contributed by atoms with Gasteiger partial charge in [-0.15, -0.1) is 0 Å². The van der Waals surface area contributed by atoms with Crippen LogP contribution < -0.4 is 10.1 Å². The zero-order valence-electron chi connectivity index (χ0n) is 13.5. The average molecular weight is 279 g/mol. The van der Waals surface area contributed by atoms with Crippen molar-refractivity contribution < 1.29 is 9.84 Å². The Balaban J connectivity index is 2.60. The molecule has 0 radical (unpaired) electrons. The van der Waals surface area contributed by atoms with Gasteiger partial charge >= 0.3 is 0 Å². The zero-order chi connectivity index (χ0) is 15.2. The second-order valence-corrected chi connectivity index (χ2v) is 6.55. The van der Waals surface area contributed by atoms with Gasteiger partial charge in [-0.2, -0.15) is 0 Å². The normalized spacial score (nSPS) is 11.9. The van der Waals surface area contributed by atoms with E-state index < -0.39 is 5.60 Å². The molecule has 0 atom stereocenters. The summed E-state index contributed by atoms with van der Waals surface area (Å²) in [6, 6.07) is 6.24. The molecule has 1 aromatic rings. The van der Waals surface area contributed by atoms with Crippen LogP contribution in [0.15, 0.2) is 18.2 Å². The van der Waals surface area contributed by atoms with E-state index in [0.29, 0.717) is 18.9 Å². The monoisotopic (exact) mass is 279 g/mol. The summed E-state index contributed by atoms with van der Waals surface area (Å²) in [5.41, 5.74) is 1.74. The molecule has 0 saturated carbocycles. The number of aliphatic hydroxyl groups is 1. The van der Waals surface area contributed by atoms with Crippen molar-refractivity contribution in [1.29, 1.82) is 0 Å². The highest BCUT2D eigenvalue weighted by molar-refractivity contribution is 5.36. The van der Waals surface area contributed by atoms with E-state index in [0.717, 1.165) is 18.8 Å². The maximum absolute atomic E-state index is 9.72. The van der Waals surface area contributed by atoms with Crippen LogP contribution in [0.25, 0.3) is 0 Å². The molecule has 0 amide bonds. The van der Waals surface area contributed by atoms with Crippen LogP contribution in [0.4, 0.5) is 0 Å². The van der Waals surface area contributed by atoms with Crippen LogP contribution in [-0.4, -0.2) is 23.9 Å². The van der Waals surface area contributed by atoms with Crippen LogP contribution in [0.2, 0.25) is 0 Å². The molecule has 2 N–H and O–H groups in total. The van der Waals surface area contributed by atoms with Gasteiger partial charge in [0.05, 0.1) is 12.2 Å². The largest absolute Gasteiger partial charge is 0.493 e. The highest BCUT2D eigenvalue weighted by Gasteiger charge is 2.13. The Hall–Kier alpha value is -1.06. The van der Waals surface area contributed by atoms with Crippen molar-refractivity contribution in [3.8, 4) is 5.75 Å². The summed E-state index contributed by atoms with van der Waals surface area (Å²) in [4.78, 5) is 0. The number of ether oxygens (including phenoxy) is 1. The van der Waals surface area contributed by atoms with Gasteiger partial charge in [-0.25, -0.2) is 0 Å². The summed E-state index contributed by atoms with van der Waals surface area (Å²) in [5.74, 6) is 1.55. The standard InChI is InChI=1S/C17H29NO2/c1-13(2)11-18-12-15-10-14(3)6-7-16(15)20-9-8-17(4,5)19/h6-7,10,13,18-19H,8-9,11-12H2,1-5H3. The predicted octanol–water partition coefficient (Wildman–Crippen LogP) is 3.28. The van der Waals surface area contributed by atoms with Crippen LogP contribution in [-0.2, 0) is 6.54 Å². The number of nitrogens with one attached hydrogen (secondary N) is 1. The lowest BCUT2D eigenvalue weighted by molar-refractivity contribution is 0.0552. The molecule has 3 heteroatoms. The van der Waals surface area contributed by atoms with E-state index in [9.17, 15) is 5.11 Å². The van der Waals surface area contributed by atoms with Crippen LogP contribution in [0.1, 0.15) is 45.2 Å². The number of rotatable bonds is 8. The highest BCUT2D eigenvalue weighted by atomic mass is 16.5. The van der Waals surface area contributed by atoms with Gasteiger partial charge < -0.3 is 15.2 Å². The van der Waals surface area contributed by atoms with Crippen LogP contribution in [0, 0.1) is 12.8 Å². The van der Waals surface area contributed by atoms with Crippen LogP contribution in [0.3, 0.4) is 0 Å². The third-order valence-corrected chi connectivity index (χ3v) is 3.06. The maximum atomic E-state index is 9.72. The number of hydrogen-bond acceptors (Lipinski definition) is 3. The topological polar surface area (TPSA) is 41.5 Å². The van der Waals surface area contributed by atoms with Crippen LogP contribution in [0.5, 0.6) is 5.75 Å². The molecule has 0 fully saturated rings. The lowest BCUT2D eigenvalue weighted by Crippen LogP contribution is -2.22. The SMILES string of the molecule is Cc1ccc(OCCC(C)(C)O)c(CNCC(C)C)c1. The van der Waals surface area contributed by atoms with Crippen molar-refractivity contribution in [3.05, 3.63) is 29.3 Å². The number of aryl methyl sites for hydroxylation is 1. The minimum Gasteiger partial charge on any atom is -0.493 e. The molecule has 20 heavy (non-hydrogen) atoms. The first kappa shape index (κ1) is 17.0.